The Labute approximate surface area is 123 Å². The molecule has 1 aromatic rings. The Morgan fingerprint density at radius 1 is 1.45 bits per heavy atom. The molecule has 1 amide bonds. The number of rotatable bonds is 3. The predicted octanol–water partition coefficient (Wildman–Crippen LogP) is 1.33. The summed E-state index contributed by atoms with van der Waals surface area (Å²) in [6.07, 6.45) is 0. The maximum absolute atomic E-state index is 13.4. The Morgan fingerprint density at radius 2 is 2.20 bits per heavy atom. The zero-order valence-corrected chi connectivity index (χ0v) is 12.2. The van der Waals surface area contributed by atoms with Crippen molar-refractivity contribution in [2.75, 3.05) is 33.2 Å². The first-order chi connectivity index (χ1) is 9.45. The van der Waals surface area contributed by atoms with E-state index in [1.165, 1.54) is 6.07 Å². The summed E-state index contributed by atoms with van der Waals surface area (Å²) >= 11 is 5.68. The van der Waals surface area contributed by atoms with E-state index in [0.29, 0.717) is 19.6 Å². The van der Waals surface area contributed by atoms with Crippen molar-refractivity contribution in [3.05, 3.63) is 34.6 Å². The lowest BCUT2D eigenvalue weighted by atomic mass is 10.1. The molecule has 1 fully saturated rings. The second-order valence-electron chi connectivity index (χ2n) is 5.35. The van der Waals surface area contributed by atoms with Crippen molar-refractivity contribution in [2.45, 2.75) is 6.54 Å². The molecule has 0 aromatic heterocycles. The van der Waals surface area contributed by atoms with E-state index in [9.17, 15) is 9.18 Å². The molecule has 0 radical (unpaired) electrons. The Balaban J connectivity index is 2.07. The third-order valence-electron chi connectivity index (χ3n) is 3.60. The SMILES string of the molecule is CN1CCN(Cc2ccc(Cl)c(F)c2)C[C@H](C(N)=O)C1. The molecule has 0 saturated carbocycles. The van der Waals surface area contributed by atoms with Crippen molar-refractivity contribution in [3.8, 4) is 0 Å². The van der Waals surface area contributed by atoms with Crippen LogP contribution in [0.3, 0.4) is 0 Å². The summed E-state index contributed by atoms with van der Waals surface area (Å²) in [6.45, 7) is 3.54. The van der Waals surface area contributed by atoms with Gasteiger partial charge in [-0.05, 0) is 24.7 Å². The van der Waals surface area contributed by atoms with Gasteiger partial charge in [-0.2, -0.15) is 0 Å². The molecule has 2 rings (SSSR count). The molecule has 1 heterocycles. The molecular formula is C14H19ClFN3O. The van der Waals surface area contributed by atoms with E-state index in [-0.39, 0.29) is 16.8 Å². The topological polar surface area (TPSA) is 49.6 Å². The van der Waals surface area contributed by atoms with Crippen molar-refractivity contribution in [1.82, 2.24) is 9.80 Å². The Kier molecular flexibility index (Phi) is 4.96. The van der Waals surface area contributed by atoms with Crippen LogP contribution in [-0.2, 0) is 11.3 Å². The molecule has 1 saturated heterocycles. The molecule has 110 valence electrons. The van der Waals surface area contributed by atoms with Crippen molar-refractivity contribution in [1.29, 1.82) is 0 Å². The molecule has 0 bridgehead atoms. The van der Waals surface area contributed by atoms with Gasteiger partial charge in [0.1, 0.15) is 5.82 Å². The molecule has 20 heavy (non-hydrogen) atoms. The van der Waals surface area contributed by atoms with E-state index in [4.69, 9.17) is 17.3 Å². The molecule has 1 aromatic carbocycles. The van der Waals surface area contributed by atoms with E-state index >= 15 is 0 Å². The van der Waals surface area contributed by atoms with Crippen LogP contribution < -0.4 is 5.73 Å². The van der Waals surface area contributed by atoms with E-state index in [1.54, 1.807) is 12.1 Å². The Bertz CT molecular complexity index is 497. The lowest BCUT2D eigenvalue weighted by Gasteiger charge is -2.22. The highest BCUT2D eigenvalue weighted by atomic mass is 35.5. The van der Waals surface area contributed by atoms with Gasteiger partial charge in [0.05, 0.1) is 10.9 Å². The lowest BCUT2D eigenvalue weighted by Crippen LogP contribution is -2.37. The van der Waals surface area contributed by atoms with Crippen LogP contribution in [0.5, 0.6) is 0 Å². The van der Waals surface area contributed by atoms with Crippen LogP contribution >= 0.6 is 11.6 Å². The summed E-state index contributed by atoms with van der Waals surface area (Å²) in [5, 5.41) is 0.124. The molecule has 4 nitrogen and oxygen atoms in total. The van der Waals surface area contributed by atoms with Crippen molar-refractivity contribution < 1.29 is 9.18 Å². The predicted molar refractivity (Wildman–Crippen MR) is 76.9 cm³/mol. The second kappa shape index (κ2) is 6.52. The monoisotopic (exact) mass is 299 g/mol. The molecule has 0 spiro atoms. The minimum Gasteiger partial charge on any atom is -0.369 e. The van der Waals surface area contributed by atoms with Crippen LogP contribution in [0.4, 0.5) is 4.39 Å². The van der Waals surface area contributed by atoms with Gasteiger partial charge in [0, 0.05) is 32.7 Å². The third-order valence-corrected chi connectivity index (χ3v) is 3.91. The number of likely N-dealkylation sites (N-methyl/N-ethyl adjacent to an activating group) is 1. The van der Waals surface area contributed by atoms with Crippen LogP contribution in [0.1, 0.15) is 5.56 Å². The average Bonchev–Trinajstić information content (AvgIpc) is 2.56. The number of benzene rings is 1. The second-order valence-corrected chi connectivity index (χ2v) is 5.75. The van der Waals surface area contributed by atoms with Gasteiger partial charge in [-0.3, -0.25) is 9.69 Å². The molecule has 1 atom stereocenters. The summed E-state index contributed by atoms with van der Waals surface area (Å²) in [6, 6.07) is 4.80. The minimum absolute atomic E-state index is 0.124. The number of primary amides is 1. The smallest absolute Gasteiger partial charge is 0.223 e. The number of hydrogen-bond acceptors (Lipinski definition) is 3. The summed E-state index contributed by atoms with van der Waals surface area (Å²) in [5.74, 6) is -0.895. The normalized spacial score (nSPS) is 21.6. The van der Waals surface area contributed by atoms with E-state index in [0.717, 1.165) is 18.7 Å². The zero-order valence-electron chi connectivity index (χ0n) is 11.5. The molecule has 1 aliphatic rings. The van der Waals surface area contributed by atoms with Gasteiger partial charge in [0.25, 0.3) is 0 Å². The maximum atomic E-state index is 13.4. The van der Waals surface area contributed by atoms with Crippen molar-refractivity contribution >= 4 is 17.5 Å². The van der Waals surface area contributed by atoms with E-state index in [2.05, 4.69) is 9.80 Å². The first-order valence-corrected chi connectivity index (χ1v) is 6.97. The molecule has 6 heteroatoms. The zero-order chi connectivity index (χ0) is 14.7. The lowest BCUT2D eigenvalue weighted by molar-refractivity contribution is -0.122. The van der Waals surface area contributed by atoms with Crippen LogP contribution in [-0.4, -0.2) is 48.9 Å². The minimum atomic E-state index is -0.414. The number of carbonyl (C=O) groups excluding carboxylic acids is 1. The van der Waals surface area contributed by atoms with E-state index in [1.807, 2.05) is 7.05 Å². The Hall–Kier alpha value is -1.17. The van der Waals surface area contributed by atoms with Gasteiger partial charge in [0.2, 0.25) is 5.91 Å². The fourth-order valence-electron chi connectivity index (χ4n) is 2.46. The van der Waals surface area contributed by atoms with Gasteiger partial charge in [0.15, 0.2) is 0 Å². The number of nitrogens with two attached hydrogens (primary N) is 1. The first-order valence-electron chi connectivity index (χ1n) is 6.60. The highest BCUT2D eigenvalue weighted by Gasteiger charge is 2.24. The number of hydrogen-bond donors (Lipinski definition) is 1. The highest BCUT2D eigenvalue weighted by molar-refractivity contribution is 6.30. The molecule has 0 unspecified atom stereocenters. The fourth-order valence-corrected chi connectivity index (χ4v) is 2.58. The summed E-state index contributed by atoms with van der Waals surface area (Å²) in [4.78, 5) is 15.7. The fraction of sp³-hybridized carbons (Fsp3) is 0.500. The molecule has 0 aliphatic carbocycles. The summed E-state index contributed by atoms with van der Waals surface area (Å²) < 4.78 is 13.4. The number of nitrogens with zero attached hydrogens (tertiary/aromatic N) is 2. The van der Waals surface area contributed by atoms with Crippen LogP contribution in [0.2, 0.25) is 5.02 Å². The molecule has 1 aliphatic heterocycles. The maximum Gasteiger partial charge on any atom is 0.223 e. The van der Waals surface area contributed by atoms with Gasteiger partial charge in [-0.15, -0.1) is 0 Å². The number of halogens is 2. The quantitative estimate of drug-likeness (QED) is 0.916. The van der Waals surface area contributed by atoms with Crippen molar-refractivity contribution in [2.24, 2.45) is 11.7 Å². The van der Waals surface area contributed by atoms with Gasteiger partial charge >= 0.3 is 0 Å². The van der Waals surface area contributed by atoms with E-state index < -0.39 is 5.82 Å². The standard InChI is InChI=1S/C14H19ClFN3O/c1-18-4-5-19(9-11(8-18)14(17)20)7-10-2-3-12(15)13(16)6-10/h2-3,6,11H,4-5,7-9H2,1H3,(H2,17,20)/t11-/m1/s1. The highest BCUT2D eigenvalue weighted by Crippen LogP contribution is 2.18. The largest absolute Gasteiger partial charge is 0.369 e. The number of carbonyl (C=O) groups is 1. The first kappa shape index (κ1) is 15.2. The van der Waals surface area contributed by atoms with Crippen molar-refractivity contribution in [3.63, 3.8) is 0 Å². The van der Waals surface area contributed by atoms with Gasteiger partial charge < -0.3 is 10.6 Å². The Morgan fingerprint density at radius 3 is 2.85 bits per heavy atom. The van der Waals surface area contributed by atoms with Crippen LogP contribution in [0.15, 0.2) is 18.2 Å². The van der Waals surface area contributed by atoms with Crippen LogP contribution in [0, 0.1) is 11.7 Å². The number of amides is 1. The molecular weight excluding hydrogens is 281 g/mol. The summed E-state index contributed by atoms with van der Waals surface area (Å²) in [7, 11) is 1.97. The third kappa shape index (κ3) is 3.91. The van der Waals surface area contributed by atoms with Gasteiger partial charge in [-0.25, -0.2) is 4.39 Å². The molecule has 2 N–H and O–H groups in total. The summed E-state index contributed by atoms with van der Waals surface area (Å²) in [5.41, 5.74) is 6.28. The van der Waals surface area contributed by atoms with Crippen LogP contribution in [0.25, 0.3) is 0 Å². The van der Waals surface area contributed by atoms with Gasteiger partial charge in [-0.1, -0.05) is 17.7 Å². The average molecular weight is 300 g/mol.